The van der Waals surface area contributed by atoms with Crippen LogP contribution in [0.4, 0.5) is 38.4 Å². The number of nitrogens with zero attached hydrogens (tertiary/aromatic N) is 16. The summed E-state index contributed by atoms with van der Waals surface area (Å²) < 4.78 is 0. The van der Waals surface area contributed by atoms with Gasteiger partial charge in [0.1, 0.15) is 26.7 Å². The summed E-state index contributed by atoms with van der Waals surface area (Å²) in [5, 5.41) is 0. The molecule has 8 atom stereocenters. The van der Waals surface area contributed by atoms with Gasteiger partial charge in [0.25, 0.3) is 0 Å². The Bertz CT molecular complexity index is 1410. The van der Waals surface area contributed by atoms with E-state index in [0.717, 1.165) is 0 Å². The van der Waals surface area contributed by atoms with Crippen LogP contribution in [0.3, 0.4) is 0 Å². The maximum atomic E-state index is 14.6. The first kappa shape index (κ1) is 32.1. The number of urea groups is 8. The van der Waals surface area contributed by atoms with Crippen LogP contribution in [0.25, 0.3) is 0 Å². The van der Waals surface area contributed by atoms with Crippen molar-refractivity contribution in [2.75, 3.05) is 83.1 Å². The van der Waals surface area contributed by atoms with Crippen LogP contribution in [0.2, 0.25) is 0 Å². The number of hydrogen-bond donors (Lipinski definition) is 0. The number of rotatable bonds is 0. The highest BCUT2D eigenvalue weighted by Gasteiger charge is 2.66. The molecule has 0 saturated carbocycles. The second-order valence-electron chi connectivity index (χ2n) is 14.8. The lowest BCUT2D eigenvalue weighted by atomic mass is 10.3. The third-order valence-corrected chi connectivity index (χ3v) is 12.4. The molecule has 0 aromatic rings. The highest BCUT2D eigenvalue weighted by atomic mass is 16.2. The molecule has 24 nitrogen and oxygen atoms in total. The van der Waals surface area contributed by atoms with Crippen molar-refractivity contribution < 1.29 is 38.4 Å². The van der Waals surface area contributed by atoms with E-state index in [4.69, 9.17) is 0 Å². The van der Waals surface area contributed by atoms with Crippen LogP contribution >= 0.6 is 0 Å². The highest BCUT2D eigenvalue weighted by Crippen LogP contribution is 2.42. The fraction of sp³-hybridized carbons (Fsp3) is 0.714. The van der Waals surface area contributed by atoms with Crippen molar-refractivity contribution in [1.29, 1.82) is 0 Å². The summed E-state index contributed by atoms with van der Waals surface area (Å²) in [6.45, 7) is -1.37. The van der Waals surface area contributed by atoms with Gasteiger partial charge >= 0.3 is 48.2 Å². The van der Waals surface area contributed by atoms with E-state index in [2.05, 4.69) is 0 Å². The summed E-state index contributed by atoms with van der Waals surface area (Å²) in [7, 11) is 12.4. The molecule has 52 heavy (non-hydrogen) atoms. The van der Waals surface area contributed by atoms with E-state index in [0.29, 0.717) is 0 Å². The van der Waals surface area contributed by atoms with Crippen molar-refractivity contribution in [2.24, 2.45) is 0 Å². The highest BCUT2D eigenvalue weighted by molar-refractivity contribution is 5.90. The van der Waals surface area contributed by atoms with Gasteiger partial charge in [0.15, 0.2) is 49.3 Å². The summed E-state index contributed by atoms with van der Waals surface area (Å²) >= 11 is 0. The van der Waals surface area contributed by atoms with Crippen molar-refractivity contribution in [2.45, 2.75) is 49.3 Å². The standard InChI is InChI=1S/C28H40N16O8/c1-29-13-14(30(2)21(29)45)38-10-40-17-18(34(6)23(47)33(17)5)42(27(40)51)12-44-20-19(35(7)24(48)36(20)8)43(28(44)52)11-41-16-15(31(3)22(46)32(16)4)39(26(41)50)9-37(13)25(38)49/h13-20H,9-12H2,1-8H3. The van der Waals surface area contributed by atoms with Gasteiger partial charge < -0.3 is 39.2 Å². The van der Waals surface area contributed by atoms with Gasteiger partial charge in [-0.1, -0.05) is 0 Å². The van der Waals surface area contributed by atoms with Gasteiger partial charge in [-0.2, -0.15) is 0 Å². The second kappa shape index (κ2) is 9.93. The Kier molecular flexibility index (Phi) is 6.13. The minimum absolute atomic E-state index is 0.343. The third-order valence-electron chi connectivity index (χ3n) is 12.4. The van der Waals surface area contributed by atoms with Crippen LogP contribution in [0, 0.1) is 0 Å². The molecule has 8 unspecified atom stereocenters. The van der Waals surface area contributed by atoms with Crippen molar-refractivity contribution in [3.05, 3.63) is 0 Å². The normalized spacial score (nSPS) is 35.8. The number of amides is 16. The predicted molar refractivity (Wildman–Crippen MR) is 170 cm³/mol. The van der Waals surface area contributed by atoms with Crippen molar-refractivity contribution >= 4 is 48.2 Å². The SMILES string of the molecule is CN1C(=O)N(C)C2C1N1CN3C(=O)N(CN4C(=O)N(CN5C(=O)N(CN2C1=O)C1C5N(C)C(=O)N1C)C1C4N(C)C(=O)N1C)C1C3N(C)C(=O)N1C. The average molecular weight is 729 g/mol. The average Bonchev–Trinajstić information content (AvgIpc) is 3.92. The summed E-state index contributed by atoms with van der Waals surface area (Å²) in [6, 6.07) is -3.85. The van der Waals surface area contributed by atoms with Gasteiger partial charge in [0, 0.05) is 56.4 Å². The Morgan fingerprint density at radius 3 is 0.481 bits per heavy atom. The van der Waals surface area contributed by atoms with E-state index in [1.165, 1.54) is 78.4 Å². The minimum atomic E-state index is -0.891. The van der Waals surface area contributed by atoms with Gasteiger partial charge in [0.2, 0.25) is 0 Å². The Labute approximate surface area is 297 Å². The molecule has 9 heterocycles. The van der Waals surface area contributed by atoms with Gasteiger partial charge in [-0.15, -0.1) is 0 Å². The van der Waals surface area contributed by atoms with Crippen LogP contribution in [0.1, 0.15) is 0 Å². The summed E-state index contributed by atoms with van der Waals surface area (Å²) in [4.78, 5) is 134. The molecule has 9 saturated heterocycles. The number of hydrogen-bond acceptors (Lipinski definition) is 8. The molecule has 0 spiro atoms. The second-order valence-corrected chi connectivity index (χ2v) is 14.8. The molecule has 0 aromatic heterocycles. The molecule has 0 aromatic carbocycles. The predicted octanol–water partition coefficient (Wildman–Crippen LogP) is -2.62. The maximum absolute atomic E-state index is 14.6. The van der Waals surface area contributed by atoms with Gasteiger partial charge in [0.05, 0.1) is 0 Å². The summed E-state index contributed by atoms with van der Waals surface area (Å²) in [6.07, 6.45) is -7.12. The van der Waals surface area contributed by atoms with Crippen LogP contribution in [-0.4, -0.2) is 259 Å². The van der Waals surface area contributed by atoms with Crippen molar-refractivity contribution in [1.82, 2.24) is 78.4 Å². The Hall–Kier alpha value is -5.84. The molecular formula is C28H40N16O8. The molecule has 9 aliphatic rings. The smallest absolute Gasteiger partial charge is 0.303 e. The Morgan fingerprint density at radius 2 is 0.365 bits per heavy atom. The maximum Gasteiger partial charge on any atom is 0.326 e. The Balaban J connectivity index is 1.21. The lowest BCUT2D eigenvalue weighted by Gasteiger charge is -2.35. The van der Waals surface area contributed by atoms with E-state index in [-0.39, 0.29) is 26.7 Å². The molecule has 9 aliphatic heterocycles. The molecule has 9 fully saturated rings. The van der Waals surface area contributed by atoms with Crippen LogP contribution in [0.5, 0.6) is 0 Å². The number of fused-ring (bicyclic) bond motifs is 20. The first-order valence-corrected chi connectivity index (χ1v) is 16.8. The van der Waals surface area contributed by atoms with E-state index < -0.39 is 97.6 Å². The topological polar surface area (TPSA) is 188 Å². The monoisotopic (exact) mass is 728 g/mol. The lowest BCUT2D eigenvalue weighted by molar-refractivity contribution is 0.0596. The third kappa shape index (κ3) is 3.46. The fourth-order valence-electron chi connectivity index (χ4n) is 9.84. The molecule has 24 heteroatoms. The zero-order chi connectivity index (χ0) is 37.3. The first-order valence-electron chi connectivity index (χ1n) is 16.8. The summed E-state index contributed by atoms with van der Waals surface area (Å²) in [5.41, 5.74) is 0. The Morgan fingerprint density at radius 1 is 0.250 bits per heavy atom. The van der Waals surface area contributed by atoms with Crippen molar-refractivity contribution in [3.8, 4) is 0 Å². The van der Waals surface area contributed by atoms with Crippen LogP contribution in [-0.2, 0) is 0 Å². The quantitative estimate of drug-likeness (QED) is 0.259. The molecule has 0 N–H and O–H groups in total. The van der Waals surface area contributed by atoms with Crippen molar-refractivity contribution in [3.63, 3.8) is 0 Å². The zero-order valence-corrected chi connectivity index (χ0v) is 29.9. The molecule has 8 bridgehead atoms. The van der Waals surface area contributed by atoms with Gasteiger partial charge in [-0.05, 0) is 0 Å². The number of likely N-dealkylation sites (N-methyl/N-ethyl adjacent to an activating group) is 8. The fourth-order valence-corrected chi connectivity index (χ4v) is 9.84. The van der Waals surface area contributed by atoms with E-state index in [1.54, 1.807) is 56.4 Å². The number of carbonyl (C=O) groups is 8. The first-order chi connectivity index (χ1) is 24.5. The largest absolute Gasteiger partial charge is 0.326 e. The number of carbonyl (C=O) groups excluding carboxylic acids is 8. The molecular weight excluding hydrogens is 688 g/mol. The van der Waals surface area contributed by atoms with Gasteiger partial charge in [-0.3, -0.25) is 39.2 Å². The molecule has 0 aliphatic carbocycles. The van der Waals surface area contributed by atoms with Gasteiger partial charge in [-0.25, -0.2) is 38.4 Å². The van der Waals surface area contributed by atoms with E-state index in [1.807, 2.05) is 0 Å². The molecule has 16 amide bonds. The van der Waals surface area contributed by atoms with E-state index >= 15 is 0 Å². The lowest BCUT2D eigenvalue weighted by Crippen LogP contribution is -2.56. The van der Waals surface area contributed by atoms with Crippen LogP contribution < -0.4 is 0 Å². The minimum Gasteiger partial charge on any atom is -0.303 e. The van der Waals surface area contributed by atoms with E-state index in [9.17, 15) is 38.4 Å². The summed E-state index contributed by atoms with van der Waals surface area (Å²) in [5.74, 6) is 0. The molecule has 0 radical (unpaired) electrons. The molecule has 280 valence electrons. The van der Waals surface area contributed by atoms with Crippen LogP contribution in [0.15, 0.2) is 0 Å². The molecule has 9 rings (SSSR count). The zero-order valence-electron chi connectivity index (χ0n) is 29.9.